The molecule has 0 aromatic rings. The first-order valence-corrected chi connectivity index (χ1v) is 8.08. The normalized spacial score (nSPS) is 23.2. The molecule has 2 N–H and O–H groups in total. The maximum atomic E-state index is 11.8. The van der Waals surface area contributed by atoms with E-state index in [2.05, 4.69) is 16.7 Å². The number of carbonyl (C=O) groups is 1. The largest absolute Gasteiger partial charge is 0.335 e. The monoisotopic (exact) mass is 264 g/mol. The molecule has 0 aromatic carbocycles. The van der Waals surface area contributed by atoms with Gasteiger partial charge in [-0.3, -0.25) is 0 Å². The molecule has 0 radical (unpaired) electrons. The SMILES string of the molecule is O=C(N/C=C/C1CCCCC1)NC1CCCCCC1. The Labute approximate surface area is 117 Å². The third kappa shape index (κ3) is 5.66. The van der Waals surface area contributed by atoms with E-state index < -0.39 is 0 Å². The van der Waals surface area contributed by atoms with Gasteiger partial charge in [0.25, 0.3) is 0 Å². The van der Waals surface area contributed by atoms with Gasteiger partial charge in [-0.25, -0.2) is 4.79 Å². The van der Waals surface area contributed by atoms with Crippen LogP contribution in [0.5, 0.6) is 0 Å². The lowest BCUT2D eigenvalue weighted by Gasteiger charge is -2.18. The summed E-state index contributed by atoms with van der Waals surface area (Å²) in [6.07, 6.45) is 18.1. The first-order valence-electron chi connectivity index (χ1n) is 8.08. The van der Waals surface area contributed by atoms with Gasteiger partial charge in [-0.2, -0.15) is 0 Å². The zero-order chi connectivity index (χ0) is 13.3. The number of hydrogen-bond acceptors (Lipinski definition) is 1. The highest BCUT2D eigenvalue weighted by Crippen LogP contribution is 2.24. The van der Waals surface area contributed by atoms with Gasteiger partial charge < -0.3 is 10.6 Å². The fourth-order valence-corrected chi connectivity index (χ4v) is 3.24. The molecule has 0 atom stereocenters. The van der Waals surface area contributed by atoms with Crippen molar-refractivity contribution in [2.75, 3.05) is 0 Å². The van der Waals surface area contributed by atoms with Crippen molar-refractivity contribution in [1.82, 2.24) is 10.6 Å². The number of hydrogen-bond donors (Lipinski definition) is 2. The third-order valence-corrected chi connectivity index (χ3v) is 4.42. The standard InChI is InChI=1S/C16H28N2O/c19-16(18-15-10-6-1-2-7-11-15)17-13-12-14-8-4-3-5-9-14/h12-15H,1-11H2,(H2,17,18,19)/b13-12+. The van der Waals surface area contributed by atoms with Gasteiger partial charge in [0, 0.05) is 12.2 Å². The van der Waals surface area contributed by atoms with Gasteiger partial charge in [0.2, 0.25) is 0 Å². The molecule has 2 rings (SSSR count). The van der Waals surface area contributed by atoms with E-state index in [9.17, 15) is 4.79 Å². The lowest BCUT2D eigenvalue weighted by atomic mass is 9.89. The van der Waals surface area contributed by atoms with E-state index >= 15 is 0 Å². The van der Waals surface area contributed by atoms with E-state index in [0.29, 0.717) is 12.0 Å². The Morgan fingerprint density at radius 2 is 1.42 bits per heavy atom. The highest BCUT2D eigenvalue weighted by atomic mass is 16.2. The molecule has 0 saturated heterocycles. The molecule has 0 spiro atoms. The molecule has 2 fully saturated rings. The van der Waals surface area contributed by atoms with Crippen molar-refractivity contribution in [3.63, 3.8) is 0 Å². The average Bonchev–Trinajstić information content (AvgIpc) is 2.68. The minimum absolute atomic E-state index is 0.0287. The first kappa shape index (κ1) is 14.4. The van der Waals surface area contributed by atoms with E-state index in [4.69, 9.17) is 0 Å². The molecule has 0 unspecified atom stereocenters. The zero-order valence-corrected chi connectivity index (χ0v) is 12.0. The lowest BCUT2D eigenvalue weighted by Crippen LogP contribution is -2.39. The van der Waals surface area contributed by atoms with Crippen molar-refractivity contribution in [3.05, 3.63) is 12.3 Å². The van der Waals surface area contributed by atoms with Crippen molar-refractivity contribution < 1.29 is 4.79 Å². The molecule has 2 aliphatic carbocycles. The van der Waals surface area contributed by atoms with Crippen molar-refractivity contribution >= 4 is 6.03 Å². The fourth-order valence-electron chi connectivity index (χ4n) is 3.24. The van der Waals surface area contributed by atoms with Gasteiger partial charge in [-0.05, 0) is 31.6 Å². The number of allylic oxidation sites excluding steroid dienone is 1. The Bertz CT molecular complexity index is 287. The predicted molar refractivity (Wildman–Crippen MR) is 78.9 cm³/mol. The van der Waals surface area contributed by atoms with Crippen molar-refractivity contribution in [2.45, 2.75) is 76.7 Å². The van der Waals surface area contributed by atoms with Gasteiger partial charge >= 0.3 is 6.03 Å². The Hall–Kier alpha value is -0.990. The molecule has 0 bridgehead atoms. The van der Waals surface area contributed by atoms with Crippen LogP contribution < -0.4 is 10.6 Å². The van der Waals surface area contributed by atoms with E-state index in [1.807, 2.05) is 6.20 Å². The van der Waals surface area contributed by atoms with Crippen LogP contribution >= 0.6 is 0 Å². The maximum Gasteiger partial charge on any atom is 0.318 e. The number of urea groups is 1. The molecule has 0 heterocycles. The average molecular weight is 264 g/mol. The summed E-state index contributed by atoms with van der Waals surface area (Å²) in [5.74, 6) is 0.673. The number of carbonyl (C=O) groups excluding carboxylic acids is 1. The summed E-state index contributed by atoms with van der Waals surface area (Å²) in [6.45, 7) is 0. The molecule has 3 heteroatoms. The topological polar surface area (TPSA) is 41.1 Å². The highest BCUT2D eigenvalue weighted by molar-refractivity contribution is 5.75. The summed E-state index contributed by atoms with van der Waals surface area (Å²) in [7, 11) is 0. The van der Waals surface area contributed by atoms with Crippen LogP contribution in [0.4, 0.5) is 4.79 Å². The van der Waals surface area contributed by atoms with Crippen LogP contribution in [-0.4, -0.2) is 12.1 Å². The van der Waals surface area contributed by atoms with E-state index in [1.54, 1.807) is 0 Å². The van der Waals surface area contributed by atoms with Crippen molar-refractivity contribution in [2.24, 2.45) is 5.92 Å². The smallest absolute Gasteiger partial charge is 0.318 e. The highest BCUT2D eigenvalue weighted by Gasteiger charge is 2.14. The minimum atomic E-state index is -0.0287. The van der Waals surface area contributed by atoms with Crippen LogP contribution in [-0.2, 0) is 0 Å². The Balaban J connectivity index is 1.64. The van der Waals surface area contributed by atoms with Crippen LogP contribution in [0.3, 0.4) is 0 Å². The summed E-state index contributed by atoms with van der Waals surface area (Å²) in [4.78, 5) is 11.8. The molecular weight excluding hydrogens is 236 g/mol. The van der Waals surface area contributed by atoms with Gasteiger partial charge in [0.05, 0.1) is 0 Å². The molecule has 2 aliphatic rings. The lowest BCUT2D eigenvalue weighted by molar-refractivity contribution is 0.238. The predicted octanol–water partition coefficient (Wildman–Crippen LogP) is 4.10. The molecule has 19 heavy (non-hydrogen) atoms. The third-order valence-electron chi connectivity index (χ3n) is 4.42. The van der Waals surface area contributed by atoms with Crippen LogP contribution in [0.1, 0.15) is 70.6 Å². The molecule has 2 saturated carbocycles. The molecule has 2 amide bonds. The van der Waals surface area contributed by atoms with Crippen molar-refractivity contribution in [1.29, 1.82) is 0 Å². The summed E-state index contributed by atoms with van der Waals surface area (Å²) in [5, 5.41) is 5.96. The number of amides is 2. The molecular formula is C16H28N2O. The van der Waals surface area contributed by atoms with Crippen molar-refractivity contribution in [3.8, 4) is 0 Å². The van der Waals surface area contributed by atoms with Gasteiger partial charge in [-0.15, -0.1) is 0 Å². The Morgan fingerprint density at radius 3 is 2.11 bits per heavy atom. The van der Waals surface area contributed by atoms with Gasteiger partial charge in [0.15, 0.2) is 0 Å². The zero-order valence-electron chi connectivity index (χ0n) is 12.0. The summed E-state index contributed by atoms with van der Waals surface area (Å²) >= 11 is 0. The molecule has 108 valence electrons. The summed E-state index contributed by atoms with van der Waals surface area (Å²) in [5.41, 5.74) is 0. The van der Waals surface area contributed by atoms with Crippen LogP contribution in [0.15, 0.2) is 12.3 Å². The maximum absolute atomic E-state index is 11.8. The Morgan fingerprint density at radius 1 is 0.842 bits per heavy atom. The molecule has 0 aliphatic heterocycles. The quantitative estimate of drug-likeness (QED) is 0.740. The second-order valence-corrected chi connectivity index (χ2v) is 6.06. The van der Waals surface area contributed by atoms with Crippen LogP contribution in [0.25, 0.3) is 0 Å². The second-order valence-electron chi connectivity index (χ2n) is 6.06. The summed E-state index contributed by atoms with van der Waals surface area (Å²) in [6, 6.07) is 0.351. The van der Waals surface area contributed by atoms with E-state index in [0.717, 1.165) is 12.8 Å². The van der Waals surface area contributed by atoms with Crippen LogP contribution in [0.2, 0.25) is 0 Å². The van der Waals surface area contributed by atoms with Gasteiger partial charge in [-0.1, -0.05) is 51.0 Å². The number of nitrogens with one attached hydrogen (secondary N) is 2. The van der Waals surface area contributed by atoms with Crippen LogP contribution in [0, 0.1) is 5.92 Å². The minimum Gasteiger partial charge on any atom is -0.335 e. The second kappa shape index (κ2) is 8.23. The molecule has 3 nitrogen and oxygen atoms in total. The number of rotatable bonds is 3. The molecule has 0 aromatic heterocycles. The fraction of sp³-hybridized carbons (Fsp3) is 0.812. The van der Waals surface area contributed by atoms with Gasteiger partial charge in [0.1, 0.15) is 0 Å². The van der Waals surface area contributed by atoms with E-state index in [1.165, 1.54) is 57.8 Å². The summed E-state index contributed by atoms with van der Waals surface area (Å²) < 4.78 is 0. The first-order chi connectivity index (χ1) is 9.34. The Kier molecular flexibility index (Phi) is 6.25. The van der Waals surface area contributed by atoms with E-state index in [-0.39, 0.29) is 6.03 Å².